The molecule has 1 amide bonds. The average Bonchev–Trinajstić information content (AvgIpc) is 2.99. The number of nitrogens with zero attached hydrogens (tertiary/aromatic N) is 2. The topological polar surface area (TPSA) is 86.6 Å². The van der Waals surface area contributed by atoms with Gasteiger partial charge in [0.05, 0.1) is 12.7 Å². The number of fused-ring (bicyclic) bond motifs is 2. The van der Waals surface area contributed by atoms with Crippen LogP contribution in [-0.2, 0) is 32.9 Å². The number of hydrogen-bond donors (Lipinski definition) is 2. The zero-order chi connectivity index (χ0) is 22.8. The molecular formula is C26H30N4O3. The number of carbonyl (C=O) groups is 1. The number of amides is 1. The Bertz CT molecular complexity index is 1040. The van der Waals surface area contributed by atoms with Gasteiger partial charge < -0.3 is 20.1 Å². The van der Waals surface area contributed by atoms with Crippen LogP contribution in [-0.4, -0.2) is 62.8 Å². The molecule has 2 aromatic rings. The van der Waals surface area contributed by atoms with Crippen molar-refractivity contribution in [1.29, 1.82) is 5.26 Å². The highest BCUT2D eigenvalue weighted by molar-refractivity contribution is 5.81. The van der Waals surface area contributed by atoms with Crippen molar-refractivity contribution >= 4 is 5.91 Å². The molecular weight excluding hydrogens is 416 g/mol. The second kappa shape index (κ2) is 9.24. The molecule has 1 spiro atoms. The van der Waals surface area contributed by atoms with Gasteiger partial charge in [0.15, 0.2) is 0 Å². The van der Waals surface area contributed by atoms with E-state index in [9.17, 15) is 10.1 Å². The molecule has 3 aliphatic heterocycles. The van der Waals surface area contributed by atoms with Gasteiger partial charge in [-0.05, 0) is 53.9 Å². The molecule has 7 nitrogen and oxygen atoms in total. The summed E-state index contributed by atoms with van der Waals surface area (Å²) in [4.78, 5) is 14.8. The molecule has 3 aliphatic rings. The predicted octanol–water partition coefficient (Wildman–Crippen LogP) is 1.95. The highest BCUT2D eigenvalue weighted by Gasteiger charge is 2.48. The van der Waals surface area contributed by atoms with Crippen molar-refractivity contribution in [3.05, 3.63) is 59.2 Å². The van der Waals surface area contributed by atoms with Gasteiger partial charge in [-0.3, -0.25) is 9.69 Å². The summed E-state index contributed by atoms with van der Waals surface area (Å²) in [6.07, 6.45) is 0.789. The van der Waals surface area contributed by atoms with E-state index in [4.69, 9.17) is 9.47 Å². The van der Waals surface area contributed by atoms with Crippen LogP contribution in [0.3, 0.4) is 0 Å². The van der Waals surface area contributed by atoms with Gasteiger partial charge in [-0.2, -0.15) is 5.26 Å². The molecule has 2 fully saturated rings. The van der Waals surface area contributed by atoms with Crippen molar-refractivity contribution in [2.45, 2.75) is 37.2 Å². The monoisotopic (exact) mass is 446 g/mol. The number of rotatable bonds is 5. The maximum Gasteiger partial charge on any atom is 0.251 e. The highest BCUT2D eigenvalue weighted by atomic mass is 16.5. The number of likely N-dealkylation sites (N-methyl/N-ethyl adjacent to an activating group) is 1. The van der Waals surface area contributed by atoms with Gasteiger partial charge in [-0.1, -0.05) is 36.4 Å². The van der Waals surface area contributed by atoms with Crippen LogP contribution in [0.2, 0.25) is 0 Å². The van der Waals surface area contributed by atoms with Crippen LogP contribution in [0, 0.1) is 11.3 Å². The molecule has 0 aliphatic carbocycles. The number of likely N-dealkylation sites (tertiary alicyclic amines) is 1. The molecule has 7 heteroatoms. The first-order valence-corrected chi connectivity index (χ1v) is 11.6. The zero-order valence-electron chi connectivity index (χ0n) is 19.0. The lowest BCUT2D eigenvalue weighted by Crippen LogP contribution is -2.57. The molecule has 33 heavy (non-hydrogen) atoms. The third-order valence-corrected chi connectivity index (χ3v) is 6.79. The summed E-state index contributed by atoms with van der Waals surface area (Å²) >= 11 is 0. The third kappa shape index (κ3) is 4.53. The van der Waals surface area contributed by atoms with Crippen LogP contribution in [0.1, 0.15) is 23.1 Å². The number of carbonyl (C=O) groups excluding carboxylic acids is 1. The molecule has 5 rings (SSSR count). The summed E-state index contributed by atoms with van der Waals surface area (Å²) in [6, 6.07) is 16.4. The minimum Gasteiger partial charge on any atom is -0.367 e. The maximum atomic E-state index is 12.5. The molecule has 0 aromatic heterocycles. The van der Waals surface area contributed by atoms with Gasteiger partial charge in [-0.15, -0.1) is 0 Å². The van der Waals surface area contributed by atoms with Crippen LogP contribution in [0.15, 0.2) is 42.5 Å². The van der Waals surface area contributed by atoms with E-state index >= 15 is 0 Å². The zero-order valence-corrected chi connectivity index (χ0v) is 19.0. The van der Waals surface area contributed by atoms with E-state index < -0.39 is 12.1 Å². The fourth-order valence-corrected chi connectivity index (χ4v) is 5.03. The lowest BCUT2D eigenvalue weighted by Gasteiger charge is -2.45. The third-order valence-electron chi connectivity index (χ3n) is 6.79. The molecule has 172 valence electrons. The first-order chi connectivity index (χ1) is 16.1. The smallest absolute Gasteiger partial charge is 0.251 e. The molecule has 3 heterocycles. The number of benzene rings is 2. The van der Waals surface area contributed by atoms with E-state index in [1.807, 2.05) is 12.1 Å². The number of nitrogens with one attached hydrogen (secondary N) is 2. The maximum absolute atomic E-state index is 12.5. The molecule has 0 bridgehead atoms. The lowest BCUT2D eigenvalue weighted by atomic mass is 9.84. The Morgan fingerprint density at radius 1 is 1.27 bits per heavy atom. The van der Waals surface area contributed by atoms with E-state index in [2.05, 4.69) is 59.0 Å². The van der Waals surface area contributed by atoms with Crippen LogP contribution < -0.4 is 10.6 Å². The normalized spacial score (nSPS) is 22.6. The number of nitriles is 1. The summed E-state index contributed by atoms with van der Waals surface area (Å²) in [5.41, 5.74) is 5.75. The minimum absolute atomic E-state index is 0.144. The van der Waals surface area contributed by atoms with Crippen molar-refractivity contribution in [3.63, 3.8) is 0 Å². The SMILES string of the molecule is CN1CC2(C1)OCc1ccc(-c3ccc(C[C@@H](C#N)NC(=O)[C@@H]4CNCCCO4)cc3)cc12. The van der Waals surface area contributed by atoms with Crippen LogP contribution in [0.25, 0.3) is 11.1 Å². The van der Waals surface area contributed by atoms with E-state index in [-0.39, 0.29) is 11.5 Å². The molecule has 0 saturated carbocycles. The van der Waals surface area contributed by atoms with Gasteiger partial charge in [0.25, 0.3) is 5.91 Å². The predicted molar refractivity (Wildman–Crippen MR) is 124 cm³/mol. The largest absolute Gasteiger partial charge is 0.367 e. The van der Waals surface area contributed by atoms with Crippen LogP contribution >= 0.6 is 0 Å². The van der Waals surface area contributed by atoms with Crippen molar-refractivity contribution in [3.8, 4) is 17.2 Å². The first-order valence-electron chi connectivity index (χ1n) is 11.6. The van der Waals surface area contributed by atoms with Gasteiger partial charge in [-0.25, -0.2) is 0 Å². The number of hydrogen-bond acceptors (Lipinski definition) is 6. The average molecular weight is 447 g/mol. The van der Waals surface area contributed by atoms with Gasteiger partial charge in [0.2, 0.25) is 0 Å². The summed E-state index contributed by atoms with van der Waals surface area (Å²) in [6.45, 7) is 4.43. The van der Waals surface area contributed by atoms with E-state index in [1.54, 1.807) is 0 Å². The van der Waals surface area contributed by atoms with E-state index in [0.717, 1.165) is 37.2 Å². The van der Waals surface area contributed by atoms with Crippen LogP contribution in [0.5, 0.6) is 0 Å². The molecule has 2 atom stereocenters. The Morgan fingerprint density at radius 2 is 2.06 bits per heavy atom. The Morgan fingerprint density at radius 3 is 2.82 bits per heavy atom. The van der Waals surface area contributed by atoms with Gasteiger partial charge >= 0.3 is 0 Å². The summed E-state index contributed by atoms with van der Waals surface area (Å²) in [5, 5.41) is 15.6. The Balaban J connectivity index is 1.24. The fourth-order valence-electron chi connectivity index (χ4n) is 5.03. The fraction of sp³-hybridized carbons (Fsp3) is 0.462. The Hall–Kier alpha value is -2.76. The molecule has 2 saturated heterocycles. The highest BCUT2D eigenvalue weighted by Crippen LogP contribution is 2.44. The molecule has 2 N–H and O–H groups in total. The first kappa shape index (κ1) is 22.1. The summed E-state index contributed by atoms with van der Waals surface area (Å²) in [5.74, 6) is -0.233. The van der Waals surface area contributed by atoms with Crippen molar-refractivity contribution in [2.24, 2.45) is 0 Å². The Kier molecular flexibility index (Phi) is 6.17. The second-order valence-electron chi connectivity index (χ2n) is 9.34. The quantitative estimate of drug-likeness (QED) is 0.730. The standard InChI is InChI=1S/C26H30N4O3/c1-30-16-26(17-30)23-12-20(7-8-21(23)15-33-26)19-5-3-18(4-6-19)11-22(13-27)29-25(31)24-14-28-9-2-10-32-24/h3-8,12,22,24,28H,2,9-11,14-17H2,1H3,(H,29,31)/t22-,24-/m0/s1. The second-order valence-corrected chi connectivity index (χ2v) is 9.34. The summed E-state index contributed by atoms with van der Waals surface area (Å²) < 4.78 is 11.7. The van der Waals surface area contributed by atoms with Crippen molar-refractivity contribution < 1.29 is 14.3 Å². The van der Waals surface area contributed by atoms with E-state index in [0.29, 0.717) is 26.2 Å². The molecule has 2 aromatic carbocycles. The van der Waals surface area contributed by atoms with E-state index in [1.165, 1.54) is 16.7 Å². The Labute approximate surface area is 194 Å². The van der Waals surface area contributed by atoms with Crippen molar-refractivity contribution in [1.82, 2.24) is 15.5 Å². The lowest BCUT2D eigenvalue weighted by molar-refractivity contribution is -0.133. The molecule has 0 radical (unpaired) electrons. The summed E-state index contributed by atoms with van der Waals surface area (Å²) in [7, 11) is 2.12. The van der Waals surface area contributed by atoms with Gasteiger partial charge in [0.1, 0.15) is 17.7 Å². The van der Waals surface area contributed by atoms with Gasteiger partial charge in [0, 0.05) is 32.7 Å². The molecule has 0 unspecified atom stereocenters. The minimum atomic E-state index is -0.595. The van der Waals surface area contributed by atoms with Crippen molar-refractivity contribution in [2.75, 3.05) is 39.8 Å². The number of ether oxygens (including phenoxy) is 2. The van der Waals surface area contributed by atoms with Crippen LogP contribution in [0.4, 0.5) is 0 Å².